The minimum absolute atomic E-state index is 0.0192. The third-order valence-electron chi connectivity index (χ3n) is 4.43. The van der Waals surface area contributed by atoms with Gasteiger partial charge in [-0.1, -0.05) is 37.3 Å². The van der Waals surface area contributed by atoms with Crippen molar-refractivity contribution in [3.63, 3.8) is 0 Å². The molecule has 2 atom stereocenters. The highest BCUT2D eigenvalue weighted by molar-refractivity contribution is 6.02. The van der Waals surface area contributed by atoms with Gasteiger partial charge in [0.25, 0.3) is 0 Å². The third-order valence-corrected chi connectivity index (χ3v) is 4.43. The van der Waals surface area contributed by atoms with E-state index in [-0.39, 0.29) is 17.8 Å². The monoisotopic (exact) mass is 324 g/mol. The van der Waals surface area contributed by atoms with E-state index < -0.39 is 5.97 Å². The molecule has 2 aromatic carbocycles. The van der Waals surface area contributed by atoms with Crippen LogP contribution in [-0.2, 0) is 4.74 Å². The number of hydrogen-bond acceptors (Lipinski definition) is 4. The van der Waals surface area contributed by atoms with E-state index in [1.54, 1.807) is 19.1 Å². The van der Waals surface area contributed by atoms with Gasteiger partial charge in [0, 0.05) is 17.9 Å². The molecular weight excluding hydrogens is 304 g/mol. The molecule has 1 heterocycles. The molecule has 3 rings (SSSR count). The van der Waals surface area contributed by atoms with Crippen LogP contribution in [0.3, 0.4) is 0 Å². The van der Waals surface area contributed by atoms with Gasteiger partial charge in [0.2, 0.25) is 0 Å². The predicted molar refractivity (Wildman–Crippen MR) is 90.8 cm³/mol. The largest absolute Gasteiger partial charge is 0.489 e. The minimum Gasteiger partial charge on any atom is -0.489 e. The zero-order chi connectivity index (χ0) is 17.3. The smallest absolute Gasteiger partial charge is 0.337 e. The number of Topliss-reactive ketones (excluding diaryl/α,β-unsaturated/α-hetero) is 1. The summed E-state index contributed by atoms with van der Waals surface area (Å²) in [6.45, 7) is 3.78. The quantitative estimate of drug-likeness (QED) is 0.630. The molecule has 0 spiro atoms. The number of methoxy groups -OCH3 is 1. The fourth-order valence-electron chi connectivity index (χ4n) is 3.26. The standard InChI is InChI=1S/C20H20O4/c1-4-17(21)15-10-14(20(22)23-3)11-16-18(12(2)24-19(15)16)13-8-6-5-7-9-13/h5-12,18H,4H2,1-3H3/t12-,18+/m1/s1. The van der Waals surface area contributed by atoms with E-state index in [2.05, 4.69) is 0 Å². The molecule has 0 N–H and O–H groups in total. The van der Waals surface area contributed by atoms with Gasteiger partial charge in [-0.05, 0) is 24.6 Å². The number of ether oxygens (including phenoxy) is 2. The molecule has 24 heavy (non-hydrogen) atoms. The molecule has 0 radical (unpaired) electrons. The molecule has 0 aliphatic carbocycles. The first-order chi connectivity index (χ1) is 11.6. The van der Waals surface area contributed by atoms with Crippen LogP contribution in [0.4, 0.5) is 0 Å². The van der Waals surface area contributed by atoms with Crippen LogP contribution in [0.15, 0.2) is 42.5 Å². The van der Waals surface area contributed by atoms with Crippen LogP contribution in [0.5, 0.6) is 5.75 Å². The van der Waals surface area contributed by atoms with Gasteiger partial charge in [-0.25, -0.2) is 4.79 Å². The number of esters is 1. The van der Waals surface area contributed by atoms with E-state index in [0.29, 0.717) is 23.3 Å². The van der Waals surface area contributed by atoms with E-state index in [1.165, 1.54) is 7.11 Å². The molecule has 2 aromatic rings. The maximum Gasteiger partial charge on any atom is 0.337 e. The highest BCUT2D eigenvalue weighted by Crippen LogP contribution is 2.45. The van der Waals surface area contributed by atoms with Gasteiger partial charge in [-0.15, -0.1) is 0 Å². The average molecular weight is 324 g/mol. The van der Waals surface area contributed by atoms with E-state index >= 15 is 0 Å². The Morgan fingerprint density at radius 1 is 1.17 bits per heavy atom. The lowest BCUT2D eigenvalue weighted by molar-refractivity contribution is 0.0600. The molecule has 4 nitrogen and oxygen atoms in total. The van der Waals surface area contributed by atoms with Gasteiger partial charge in [-0.3, -0.25) is 4.79 Å². The molecule has 1 aliphatic heterocycles. The van der Waals surface area contributed by atoms with Crippen molar-refractivity contribution in [1.82, 2.24) is 0 Å². The number of benzene rings is 2. The van der Waals surface area contributed by atoms with E-state index in [4.69, 9.17) is 9.47 Å². The normalized spacial score (nSPS) is 18.6. The summed E-state index contributed by atoms with van der Waals surface area (Å²) in [5.74, 6) is 0.0808. The molecule has 4 heteroatoms. The fourth-order valence-corrected chi connectivity index (χ4v) is 3.26. The number of rotatable bonds is 4. The van der Waals surface area contributed by atoms with Crippen LogP contribution in [0.25, 0.3) is 0 Å². The Morgan fingerprint density at radius 2 is 1.88 bits per heavy atom. The number of ketones is 1. The minimum atomic E-state index is -0.450. The van der Waals surface area contributed by atoms with Gasteiger partial charge in [-0.2, -0.15) is 0 Å². The molecule has 0 amide bonds. The topological polar surface area (TPSA) is 52.6 Å². The summed E-state index contributed by atoms with van der Waals surface area (Å²) >= 11 is 0. The summed E-state index contributed by atoms with van der Waals surface area (Å²) < 4.78 is 10.9. The Morgan fingerprint density at radius 3 is 2.50 bits per heavy atom. The summed E-state index contributed by atoms with van der Waals surface area (Å²) in [4.78, 5) is 24.4. The van der Waals surface area contributed by atoms with E-state index in [0.717, 1.165) is 11.1 Å². The lowest BCUT2D eigenvalue weighted by Gasteiger charge is -2.15. The van der Waals surface area contributed by atoms with E-state index in [9.17, 15) is 9.59 Å². The Balaban J connectivity index is 2.20. The number of fused-ring (bicyclic) bond motifs is 1. The SMILES string of the molecule is CCC(=O)c1cc(C(=O)OC)cc2c1O[C@H](C)[C@H]2c1ccccc1. The summed E-state index contributed by atoms with van der Waals surface area (Å²) in [5, 5.41) is 0. The van der Waals surface area contributed by atoms with Crippen LogP contribution < -0.4 is 4.74 Å². The summed E-state index contributed by atoms with van der Waals surface area (Å²) in [6, 6.07) is 13.3. The lowest BCUT2D eigenvalue weighted by atomic mass is 9.86. The van der Waals surface area contributed by atoms with Crippen LogP contribution >= 0.6 is 0 Å². The first kappa shape index (κ1) is 16.2. The van der Waals surface area contributed by atoms with Crippen molar-refractivity contribution in [1.29, 1.82) is 0 Å². The lowest BCUT2D eigenvalue weighted by Crippen LogP contribution is -2.15. The highest BCUT2D eigenvalue weighted by atomic mass is 16.5. The van der Waals surface area contributed by atoms with Crippen molar-refractivity contribution in [2.45, 2.75) is 32.3 Å². The maximum absolute atomic E-state index is 12.4. The summed E-state index contributed by atoms with van der Waals surface area (Å²) in [5.41, 5.74) is 2.81. The van der Waals surface area contributed by atoms with Crippen molar-refractivity contribution < 1.29 is 19.1 Å². The molecule has 0 saturated heterocycles. The number of carbonyl (C=O) groups is 2. The summed E-state index contributed by atoms with van der Waals surface area (Å²) in [7, 11) is 1.34. The molecule has 124 valence electrons. The second-order valence-corrected chi connectivity index (χ2v) is 5.92. The van der Waals surface area contributed by atoms with Gasteiger partial charge in [0.15, 0.2) is 5.78 Å². The number of carbonyl (C=O) groups excluding carboxylic acids is 2. The second-order valence-electron chi connectivity index (χ2n) is 5.92. The Labute approximate surface area is 141 Å². The molecular formula is C20H20O4. The van der Waals surface area contributed by atoms with Gasteiger partial charge < -0.3 is 9.47 Å². The third kappa shape index (κ3) is 2.68. The zero-order valence-electron chi connectivity index (χ0n) is 14.0. The van der Waals surface area contributed by atoms with Gasteiger partial charge >= 0.3 is 5.97 Å². The molecule has 0 bridgehead atoms. The highest BCUT2D eigenvalue weighted by Gasteiger charge is 2.36. The maximum atomic E-state index is 12.4. The molecule has 0 unspecified atom stereocenters. The van der Waals surface area contributed by atoms with Crippen LogP contribution in [0, 0.1) is 0 Å². The van der Waals surface area contributed by atoms with Crippen molar-refractivity contribution in [2.75, 3.05) is 7.11 Å². The molecule has 0 saturated carbocycles. The predicted octanol–water partition coefficient (Wildman–Crippen LogP) is 3.98. The van der Waals surface area contributed by atoms with Crippen molar-refractivity contribution in [2.24, 2.45) is 0 Å². The van der Waals surface area contributed by atoms with Gasteiger partial charge in [0.05, 0.1) is 18.2 Å². The first-order valence-electron chi connectivity index (χ1n) is 8.07. The van der Waals surface area contributed by atoms with Crippen molar-refractivity contribution in [3.05, 3.63) is 64.7 Å². The van der Waals surface area contributed by atoms with Crippen LogP contribution in [0.2, 0.25) is 0 Å². The first-order valence-corrected chi connectivity index (χ1v) is 8.07. The van der Waals surface area contributed by atoms with E-state index in [1.807, 2.05) is 37.3 Å². The number of hydrogen-bond donors (Lipinski definition) is 0. The summed E-state index contributed by atoms with van der Waals surface area (Å²) in [6.07, 6.45) is 0.240. The van der Waals surface area contributed by atoms with Crippen molar-refractivity contribution >= 4 is 11.8 Å². The average Bonchev–Trinajstić information content (AvgIpc) is 2.95. The fraction of sp³-hybridized carbons (Fsp3) is 0.300. The molecule has 0 aromatic heterocycles. The second kappa shape index (κ2) is 6.48. The Hall–Kier alpha value is -2.62. The Bertz CT molecular complexity index is 780. The van der Waals surface area contributed by atoms with Crippen LogP contribution in [0.1, 0.15) is 58.0 Å². The zero-order valence-corrected chi connectivity index (χ0v) is 14.0. The molecule has 1 aliphatic rings. The van der Waals surface area contributed by atoms with Crippen LogP contribution in [-0.4, -0.2) is 25.0 Å². The molecule has 0 fully saturated rings. The van der Waals surface area contributed by atoms with Crippen molar-refractivity contribution in [3.8, 4) is 5.75 Å². The van der Waals surface area contributed by atoms with Gasteiger partial charge in [0.1, 0.15) is 11.9 Å². The Kier molecular flexibility index (Phi) is 4.38.